The second kappa shape index (κ2) is 10.2. The van der Waals surface area contributed by atoms with Gasteiger partial charge in [0, 0.05) is 20.0 Å². The van der Waals surface area contributed by atoms with Gasteiger partial charge in [-0.3, -0.25) is 19.3 Å². The molecule has 0 heterocycles. The minimum Gasteiger partial charge on any atom is -0.481 e. The predicted molar refractivity (Wildman–Crippen MR) is 75.3 cm³/mol. The van der Waals surface area contributed by atoms with Gasteiger partial charge in [0.2, 0.25) is 11.8 Å². The number of hydrogen-bond acceptors (Lipinski definition) is 4. The quantitative estimate of drug-likeness (QED) is 0.383. The van der Waals surface area contributed by atoms with E-state index in [-0.39, 0.29) is 30.8 Å². The van der Waals surface area contributed by atoms with Crippen LogP contribution in [0, 0.1) is 0 Å². The second-order valence-corrected chi connectivity index (χ2v) is 4.89. The Balaban J connectivity index is 3.99. The first-order chi connectivity index (χ1) is 9.34. The average Bonchev–Trinajstić information content (AvgIpc) is 2.32. The van der Waals surface area contributed by atoms with Gasteiger partial charge in [-0.15, -0.1) is 0 Å². The summed E-state index contributed by atoms with van der Waals surface area (Å²) in [5.41, 5.74) is 0. The first-order valence-corrected chi connectivity index (χ1v) is 6.75. The third-order valence-corrected chi connectivity index (χ3v) is 2.84. The van der Waals surface area contributed by atoms with E-state index in [2.05, 4.69) is 10.6 Å². The number of aliphatic carboxylic acids is 1. The van der Waals surface area contributed by atoms with Gasteiger partial charge in [-0.1, -0.05) is 0 Å². The molecule has 0 spiro atoms. The lowest BCUT2D eigenvalue weighted by Gasteiger charge is -2.23. The van der Waals surface area contributed by atoms with E-state index in [9.17, 15) is 14.4 Å². The molecule has 1 unspecified atom stereocenters. The highest BCUT2D eigenvalue weighted by atomic mass is 16.4. The van der Waals surface area contributed by atoms with E-state index >= 15 is 0 Å². The number of carboxylic acid groups (broad SMARTS) is 1. The zero-order valence-corrected chi connectivity index (χ0v) is 12.4. The molecule has 0 radical (unpaired) electrons. The van der Waals surface area contributed by atoms with Crippen LogP contribution in [-0.4, -0.2) is 61.0 Å². The van der Waals surface area contributed by atoms with E-state index in [0.29, 0.717) is 13.0 Å². The van der Waals surface area contributed by atoms with Gasteiger partial charge in [-0.2, -0.15) is 0 Å². The number of carboxylic acids is 1. The van der Waals surface area contributed by atoms with E-state index in [1.165, 1.54) is 6.92 Å². The summed E-state index contributed by atoms with van der Waals surface area (Å²) in [4.78, 5) is 34.8. The summed E-state index contributed by atoms with van der Waals surface area (Å²) >= 11 is 0. The number of likely N-dealkylation sites (N-methyl/N-ethyl adjacent to an activating group) is 1. The minimum absolute atomic E-state index is 0.0550. The Morgan fingerprint density at radius 1 is 1.10 bits per heavy atom. The van der Waals surface area contributed by atoms with Gasteiger partial charge in [0.25, 0.3) is 0 Å². The minimum atomic E-state index is -0.929. The molecule has 3 N–H and O–H groups in total. The second-order valence-electron chi connectivity index (χ2n) is 4.89. The molecule has 0 aliphatic heterocycles. The Morgan fingerprint density at radius 3 is 2.25 bits per heavy atom. The van der Waals surface area contributed by atoms with Crippen LogP contribution >= 0.6 is 0 Å². The van der Waals surface area contributed by atoms with Crippen LogP contribution in [0.25, 0.3) is 0 Å². The number of carbonyl (C=O) groups excluding carboxylic acids is 2. The topological polar surface area (TPSA) is 98.7 Å². The van der Waals surface area contributed by atoms with E-state index in [4.69, 9.17) is 5.11 Å². The molecular formula is C13H25N3O4. The van der Waals surface area contributed by atoms with Crippen molar-refractivity contribution in [3.8, 4) is 0 Å². The van der Waals surface area contributed by atoms with Gasteiger partial charge in [-0.05, 0) is 33.4 Å². The predicted octanol–water partition coefficient (Wildman–Crippen LogP) is -0.186. The summed E-state index contributed by atoms with van der Waals surface area (Å²) in [5.74, 6) is -1.14. The van der Waals surface area contributed by atoms with Crippen molar-refractivity contribution in [3.63, 3.8) is 0 Å². The van der Waals surface area contributed by atoms with Crippen molar-refractivity contribution in [1.82, 2.24) is 15.5 Å². The highest BCUT2D eigenvalue weighted by Crippen LogP contribution is 2.06. The molecular weight excluding hydrogens is 267 g/mol. The molecule has 20 heavy (non-hydrogen) atoms. The number of amides is 2. The zero-order chi connectivity index (χ0) is 15.5. The molecule has 0 saturated carbocycles. The molecule has 0 aromatic heterocycles. The van der Waals surface area contributed by atoms with Crippen molar-refractivity contribution in [2.24, 2.45) is 0 Å². The number of nitrogens with zero attached hydrogens (tertiary/aromatic N) is 1. The van der Waals surface area contributed by atoms with Gasteiger partial charge in [0.05, 0.1) is 12.5 Å². The molecule has 0 bridgehead atoms. The lowest BCUT2D eigenvalue weighted by Crippen LogP contribution is -2.44. The summed E-state index contributed by atoms with van der Waals surface area (Å²) in [6.45, 7) is 2.22. The molecule has 7 heteroatoms. The molecule has 0 rings (SSSR count). The van der Waals surface area contributed by atoms with E-state index in [1.807, 2.05) is 19.0 Å². The van der Waals surface area contributed by atoms with Gasteiger partial charge in [0.1, 0.15) is 0 Å². The Bertz CT molecular complexity index is 332. The van der Waals surface area contributed by atoms with Gasteiger partial charge >= 0.3 is 5.97 Å². The number of unbranched alkanes of at least 4 members (excludes halogenated alkanes) is 1. The van der Waals surface area contributed by atoms with Crippen molar-refractivity contribution < 1.29 is 19.5 Å². The third-order valence-electron chi connectivity index (χ3n) is 2.84. The molecule has 7 nitrogen and oxygen atoms in total. The van der Waals surface area contributed by atoms with Crippen LogP contribution in [0.4, 0.5) is 0 Å². The van der Waals surface area contributed by atoms with Gasteiger partial charge < -0.3 is 15.7 Å². The van der Waals surface area contributed by atoms with E-state index in [1.54, 1.807) is 0 Å². The normalized spacial score (nSPS) is 12.0. The van der Waals surface area contributed by atoms with Gasteiger partial charge in [0.15, 0.2) is 0 Å². The van der Waals surface area contributed by atoms with Crippen molar-refractivity contribution in [1.29, 1.82) is 0 Å². The highest BCUT2D eigenvalue weighted by Gasteiger charge is 2.19. The molecule has 0 aromatic carbocycles. The van der Waals surface area contributed by atoms with Crippen molar-refractivity contribution >= 4 is 17.8 Å². The molecule has 1 atom stereocenters. The summed E-state index contributed by atoms with van der Waals surface area (Å²) in [5, 5.41) is 13.9. The maximum absolute atomic E-state index is 11.9. The lowest BCUT2D eigenvalue weighted by molar-refractivity contribution is -0.137. The molecule has 0 aliphatic rings. The van der Waals surface area contributed by atoms with Crippen molar-refractivity contribution in [3.05, 3.63) is 0 Å². The van der Waals surface area contributed by atoms with Crippen LogP contribution in [0.3, 0.4) is 0 Å². The molecule has 2 amide bonds. The van der Waals surface area contributed by atoms with Crippen LogP contribution in [0.15, 0.2) is 0 Å². The molecule has 0 fully saturated rings. The highest BCUT2D eigenvalue weighted by molar-refractivity contribution is 5.82. The third kappa shape index (κ3) is 9.32. The van der Waals surface area contributed by atoms with Crippen LogP contribution in [0.1, 0.15) is 32.6 Å². The standard InChI is InChI=1S/C13H25N3O4/c1-10(17)14-8-5-4-6-11(16(2)3)13(20)15-9-7-12(18)19/h11H,4-9H2,1-3H3,(H,14,17)(H,15,20)(H,18,19)/i4+1,5+1,6+1,8+1,11+1. The Hall–Kier alpha value is -1.63. The monoisotopic (exact) mass is 292 g/mol. The van der Waals surface area contributed by atoms with Crippen LogP contribution in [0.2, 0.25) is 0 Å². The molecule has 0 aromatic rings. The number of nitrogens with one attached hydrogen (secondary N) is 2. The van der Waals surface area contributed by atoms with Crippen LogP contribution < -0.4 is 10.6 Å². The summed E-state index contributed by atoms with van der Waals surface area (Å²) < 4.78 is 0. The SMILES string of the molecule is CC(=O)N[13CH2][13CH2][13CH2][13CH2][13CH](C(=O)NCCC(=O)O)N(C)C. The molecule has 0 aliphatic carbocycles. The maximum atomic E-state index is 11.9. The Kier molecular flexibility index (Phi) is 9.36. The first kappa shape index (κ1) is 18.4. The summed E-state index contributed by atoms with van der Waals surface area (Å²) in [6, 6.07) is -0.277. The fourth-order valence-electron chi connectivity index (χ4n) is 1.76. The summed E-state index contributed by atoms with van der Waals surface area (Å²) in [7, 11) is 3.63. The first-order valence-electron chi connectivity index (χ1n) is 6.75. The van der Waals surface area contributed by atoms with Crippen molar-refractivity contribution in [2.45, 2.75) is 38.6 Å². The molecule has 116 valence electrons. The Morgan fingerprint density at radius 2 is 1.75 bits per heavy atom. The number of hydrogen-bond donors (Lipinski definition) is 3. The number of rotatable bonds is 10. The Labute approximate surface area is 119 Å². The van der Waals surface area contributed by atoms with Crippen molar-refractivity contribution in [2.75, 3.05) is 27.2 Å². The largest absolute Gasteiger partial charge is 0.481 e. The fourth-order valence-corrected chi connectivity index (χ4v) is 1.76. The van der Waals surface area contributed by atoms with E-state index < -0.39 is 5.97 Å². The number of carbonyl (C=O) groups is 3. The van der Waals surface area contributed by atoms with E-state index in [0.717, 1.165) is 12.8 Å². The molecule has 0 saturated heterocycles. The average molecular weight is 292 g/mol. The zero-order valence-electron chi connectivity index (χ0n) is 12.4. The maximum Gasteiger partial charge on any atom is 0.305 e. The van der Waals surface area contributed by atoms with Crippen LogP contribution in [0.5, 0.6) is 0 Å². The van der Waals surface area contributed by atoms with Crippen LogP contribution in [-0.2, 0) is 14.4 Å². The lowest BCUT2D eigenvalue weighted by atomic mass is 10.4. The van der Waals surface area contributed by atoms with Gasteiger partial charge in [-0.25, -0.2) is 0 Å². The smallest absolute Gasteiger partial charge is 0.305 e. The fraction of sp³-hybridized carbons (Fsp3) is 0.769. The summed E-state index contributed by atoms with van der Waals surface area (Å²) in [6.07, 6.45) is 2.22.